The van der Waals surface area contributed by atoms with Crippen molar-refractivity contribution in [1.29, 1.82) is 0 Å². The SMILES string of the molecule is CC(C)COCCC(=O)NCC1CC2c3ccccc3C1c1ccccc12. The smallest absolute Gasteiger partial charge is 0.222 e. The minimum absolute atomic E-state index is 0.0989. The molecular formula is C24H29NO2. The molecule has 2 aromatic carbocycles. The molecule has 3 heteroatoms. The average molecular weight is 364 g/mol. The largest absolute Gasteiger partial charge is 0.381 e. The van der Waals surface area contributed by atoms with Crippen molar-refractivity contribution in [2.45, 2.75) is 38.5 Å². The maximum absolute atomic E-state index is 12.2. The van der Waals surface area contributed by atoms with Crippen molar-refractivity contribution >= 4 is 5.91 Å². The standard InChI is InChI=1S/C24H29NO2/c1-16(2)15-27-12-11-23(26)25-14-17-13-22-18-7-3-5-9-20(18)24(17)21-10-6-4-8-19(21)22/h3-10,16-17,22,24H,11-15H2,1-2H3,(H,25,26). The lowest BCUT2D eigenvalue weighted by atomic mass is 9.59. The summed E-state index contributed by atoms with van der Waals surface area (Å²) in [5.41, 5.74) is 5.86. The summed E-state index contributed by atoms with van der Waals surface area (Å²) in [4.78, 5) is 12.2. The van der Waals surface area contributed by atoms with E-state index in [1.54, 1.807) is 0 Å². The van der Waals surface area contributed by atoms with Crippen molar-refractivity contribution < 1.29 is 9.53 Å². The first-order chi connectivity index (χ1) is 13.1. The molecule has 1 unspecified atom stereocenters. The topological polar surface area (TPSA) is 38.3 Å². The fourth-order valence-corrected chi connectivity index (χ4v) is 4.78. The second-order valence-corrected chi connectivity index (χ2v) is 8.31. The van der Waals surface area contributed by atoms with Crippen LogP contribution in [-0.4, -0.2) is 25.7 Å². The Labute approximate surface area is 162 Å². The van der Waals surface area contributed by atoms with Crippen molar-refractivity contribution in [3.63, 3.8) is 0 Å². The molecule has 0 saturated heterocycles. The number of rotatable bonds is 7. The monoisotopic (exact) mass is 363 g/mol. The van der Waals surface area contributed by atoms with Crippen molar-refractivity contribution in [1.82, 2.24) is 5.32 Å². The fraction of sp³-hybridized carbons (Fsp3) is 0.458. The van der Waals surface area contributed by atoms with Crippen molar-refractivity contribution in [3.05, 3.63) is 70.8 Å². The molecule has 0 radical (unpaired) electrons. The molecule has 0 aromatic heterocycles. The number of carbonyl (C=O) groups is 1. The first-order valence-corrected chi connectivity index (χ1v) is 10.2. The molecule has 27 heavy (non-hydrogen) atoms. The van der Waals surface area contributed by atoms with Crippen LogP contribution in [0, 0.1) is 11.8 Å². The highest BCUT2D eigenvalue weighted by Gasteiger charge is 2.42. The number of hydrogen-bond acceptors (Lipinski definition) is 2. The van der Waals surface area contributed by atoms with Crippen molar-refractivity contribution in [3.8, 4) is 0 Å². The van der Waals surface area contributed by atoms with Gasteiger partial charge in [0.2, 0.25) is 5.91 Å². The Hall–Kier alpha value is -2.13. The van der Waals surface area contributed by atoms with Crippen LogP contribution in [0.3, 0.4) is 0 Å². The highest BCUT2D eigenvalue weighted by atomic mass is 16.5. The molecule has 1 amide bonds. The van der Waals surface area contributed by atoms with Crippen molar-refractivity contribution in [2.75, 3.05) is 19.8 Å². The summed E-state index contributed by atoms with van der Waals surface area (Å²) in [6.07, 6.45) is 1.56. The van der Waals surface area contributed by atoms with E-state index in [0.717, 1.165) is 13.0 Å². The van der Waals surface area contributed by atoms with Gasteiger partial charge >= 0.3 is 0 Å². The third-order valence-electron chi connectivity index (χ3n) is 5.91. The van der Waals surface area contributed by atoms with E-state index in [2.05, 4.69) is 67.7 Å². The summed E-state index contributed by atoms with van der Waals surface area (Å²) >= 11 is 0. The lowest BCUT2D eigenvalue weighted by Crippen LogP contribution is -2.39. The van der Waals surface area contributed by atoms with Crippen LogP contribution in [0.1, 0.15) is 60.8 Å². The van der Waals surface area contributed by atoms with E-state index in [1.165, 1.54) is 22.3 Å². The van der Waals surface area contributed by atoms with Gasteiger partial charge in [-0.25, -0.2) is 0 Å². The van der Waals surface area contributed by atoms with E-state index in [4.69, 9.17) is 4.74 Å². The minimum atomic E-state index is 0.0989. The van der Waals surface area contributed by atoms with Gasteiger partial charge in [0.1, 0.15) is 0 Å². The molecule has 0 heterocycles. The summed E-state index contributed by atoms with van der Waals surface area (Å²) < 4.78 is 5.54. The molecule has 1 N–H and O–H groups in total. The highest BCUT2D eigenvalue weighted by Crippen LogP contribution is 2.55. The first kappa shape index (κ1) is 18.2. The zero-order valence-electron chi connectivity index (χ0n) is 16.3. The maximum Gasteiger partial charge on any atom is 0.222 e. The van der Waals surface area contributed by atoms with Gasteiger partial charge in [0.15, 0.2) is 0 Å². The molecule has 0 fully saturated rings. The molecule has 142 valence electrons. The Morgan fingerprint density at radius 3 is 2.22 bits per heavy atom. The van der Waals surface area contributed by atoms with Gasteiger partial charge in [-0.3, -0.25) is 4.79 Å². The van der Waals surface area contributed by atoms with E-state index in [1.807, 2.05) is 0 Å². The van der Waals surface area contributed by atoms with E-state index < -0.39 is 0 Å². The van der Waals surface area contributed by atoms with Crippen LogP contribution in [0.25, 0.3) is 0 Å². The van der Waals surface area contributed by atoms with Gasteiger partial charge < -0.3 is 10.1 Å². The molecule has 0 aliphatic heterocycles. The summed E-state index contributed by atoms with van der Waals surface area (Å²) in [6, 6.07) is 17.7. The molecule has 3 nitrogen and oxygen atoms in total. The Balaban J connectivity index is 1.43. The minimum Gasteiger partial charge on any atom is -0.381 e. The van der Waals surface area contributed by atoms with Crippen LogP contribution in [0.5, 0.6) is 0 Å². The first-order valence-electron chi connectivity index (χ1n) is 10.2. The van der Waals surface area contributed by atoms with Crippen LogP contribution >= 0.6 is 0 Å². The number of hydrogen-bond donors (Lipinski definition) is 1. The Morgan fingerprint density at radius 1 is 1.04 bits per heavy atom. The van der Waals surface area contributed by atoms with E-state index in [9.17, 15) is 4.79 Å². The van der Waals surface area contributed by atoms with Gasteiger partial charge in [0.05, 0.1) is 6.61 Å². The maximum atomic E-state index is 12.2. The molecule has 3 aliphatic carbocycles. The molecule has 0 saturated carbocycles. The van der Waals surface area contributed by atoms with E-state index in [0.29, 0.717) is 43.3 Å². The quantitative estimate of drug-likeness (QED) is 0.738. The number of fused-ring (bicyclic) bond motifs is 1. The van der Waals surface area contributed by atoms with Crippen LogP contribution in [0.2, 0.25) is 0 Å². The fourth-order valence-electron chi connectivity index (χ4n) is 4.78. The lowest BCUT2D eigenvalue weighted by molar-refractivity contribution is -0.122. The second-order valence-electron chi connectivity index (χ2n) is 8.31. The van der Waals surface area contributed by atoms with E-state index in [-0.39, 0.29) is 5.91 Å². The van der Waals surface area contributed by atoms with Gasteiger partial charge in [-0.05, 0) is 40.5 Å². The molecule has 3 aliphatic rings. The predicted molar refractivity (Wildman–Crippen MR) is 108 cm³/mol. The molecule has 2 bridgehead atoms. The third kappa shape index (κ3) is 3.66. The Morgan fingerprint density at radius 2 is 1.63 bits per heavy atom. The summed E-state index contributed by atoms with van der Waals surface area (Å²) in [7, 11) is 0. The van der Waals surface area contributed by atoms with Gasteiger partial charge in [0.25, 0.3) is 0 Å². The van der Waals surface area contributed by atoms with Crippen molar-refractivity contribution in [2.24, 2.45) is 11.8 Å². The number of amides is 1. The van der Waals surface area contributed by atoms with Crippen LogP contribution in [0.15, 0.2) is 48.5 Å². The number of ether oxygens (including phenoxy) is 1. The lowest BCUT2D eigenvalue weighted by Gasteiger charge is -2.45. The van der Waals surface area contributed by atoms with Gasteiger partial charge in [-0.1, -0.05) is 62.4 Å². The second kappa shape index (κ2) is 7.85. The average Bonchev–Trinajstić information content (AvgIpc) is 2.69. The van der Waals surface area contributed by atoms with Gasteiger partial charge in [-0.15, -0.1) is 0 Å². The predicted octanol–water partition coefficient (Wildman–Crippen LogP) is 4.46. The number of nitrogens with one attached hydrogen (secondary N) is 1. The Kier molecular flexibility index (Phi) is 5.31. The molecule has 0 spiro atoms. The molecule has 5 rings (SSSR count). The summed E-state index contributed by atoms with van der Waals surface area (Å²) in [5, 5.41) is 3.17. The molecule has 2 aromatic rings. The number of carbonyl (C=O) groups excluding carboxylic acids is 1. The van der Waals surface area contributed by atoms with Crippen LogP contribution in [0.4, 0.5) is 0 Å². The summed E-state index contributed by atoms with van der Waals surface area (Å²) in [6.45, 7) is 6.20. The summed E-state index contributed by atoms with van der Waals surface area (Å²) in [5.74, 6) is 1.91. The highest BCUT2D eigenvalue weighted by molar-refractivity contribution is 5.76. The van der Waals surface area contributed by atoms with Gasteiger partial charge in [-0.2, -0.15) is 0 Å². The normalized spacial score (nSPS) is 22.4. The van der Waals surface area contributed by atoms with E-state index >= 15 is 0 Å². The molecule has 1 atom stereocenters. The van der Waals surface area contributed by atoms with Crippen LogP contribution in [-0.2, 0) is 9.53 Å². The third-order valence-corrected chi connectivity index (χ3v) is 5.91. The van der Waals surface area contributed by atoms with Crippen LogP contribution < -0.4 is 5.32 Å². The molecular weight excluding hydrogens is 334 g/mol. The zero-order chi connectivity index (χ0) is 18.8. The number of benzene rings is 2. The Bertz CT molecular complexity index is 766. The van der Waals surface area contributed by atoms with Gasteiger partial charge in [0, 0.05) is 31.4 Å². The zero-order valence-corrected chi connectivity index (χ0v) is 16.3.